The van der Waals surface area contributed by atoms with E-state index < -0.39 is 12.5 Å². The minimum Gasteiger partial charge on any atom is -0.484 e. The molecule has 1 aromatic carbocycles. The predicted octanol–water partition coefficient (Wildman–Crippen LogP) is 3.41. The molecule has 0 radical (unpaired) electrons. The van der Waals surface area contributed by atoms with E-state index in [1.54, 1.807) is 6.07 Å². The molecule has 1 heterocycles. The number of imidazole rings is 1. The van der Waals surface area contributed by atoms with Crippen LogP contribution in [-0.2, 0) is 11.3 Å². The summed E-state index contributed by atoms with van der Waals surface area (Å²) in [5.41, 5.74) is 0.353. The highest BCUT2D eigenvalue weighted by atomic mass is 79.9. The van der Waals surface area contributed by atoms with Crippen molar-refractivity contribution in [2.45, 2.75) is 13.2 Å². The summed E-state index contributed by atoms with van der Waals surface area (Å²) in [5.74, 6) is 0.0379. The first-order valence-electron chi connectivity index (χ1n) is 5.83. The van der Waals surface area contributed by atoms with Crippen molar-refractivity contribution in [1.29, 1.82) is 0 Å². The van der Waals surface area contributed by atoms with Crippen molar-refractivity contribution in [2.75, 3.05) is 7.11 Å². The third-order valence-electron chi connectivity index (χ3n) is 2.67. The van der Waals surface area contributed by atoms with Crippen LogP contribution in [0.3, 0.4) is 0 Å². The normalized spacial score (nSPS) is 10.7. The van der Waals surface area contributed by atoms with Crippen molar-refractivity contribution in [3.63, 3.8) is 0 Å². The zero-order valence-corrected chi connectivity index (χ0v) is 12.5. The van der Waals surface area contributed by atoms with Crippen LogP contribution < -0.4 is 4.74 Å². The van der Waals surface area contributed by atoms with Gasteiger partial charge >= 0.3 is 12.5 Å². The largest absolute Gasteiger partial charge is 0.484 e. The lowest BCUT2D eigenvalue weighted by molar-refractivity contribution is 0.0598. The molecule has 2 rings (SSSR count). The van der Waals surface area contributed by atoms with Gasteiger partial charge in [-0.05, 0) is 34.1 Å². The van der Waals surface area contributed by atoms with Gasteiger partial charge in [-0.15, -0.1) is 0 Å². The van der Waals surface area contributed by atoms with E-state index >= 15 is 0 Å². The van der Waals surface area contributed by atoms with Gasteiger partial charge in [0.15, 0.2) is 5.82 Å². The van der Waals surface area contributed by atoms with E-state index in [-0.39, 0.29) is 12.4 Å². The van der Waals surface area contributed by atoms with Crippen LogP contribution in [0.15, 0.2) is 35.1 Å². The van der Waals surface area contributed by atoms with Crippen LogP contribution in [0, 0.1) is 0 Å². The number of alkyl halides is 2. The van der Waals surface area contributed by atoms with Gasteiger partial charge in [-0.3, -0.25) is 4.57 Å². The summed E-state index contributed by atoms with van der Waals surface area (Å²) in [6.07, 6.45) is 2.46. The van der Waals surface area contributed by atoms with Gasteiger partial charge in [0.2, 0.25) is 0 Å². The molecule has 8 heteroatoms. The highest BCUT2D eigenvalue weighted by Gasteiger charge is 2.13. The molecule has 0 bridgehead atoms. The first-order valence-corrected chi connectivity index (χ1v) is 6.62. The second kappa shape index (κ2) is 6.66. The molecule has 0 saturated heterocycles. The maximum atomic E-state index is 12.7. The van der Waals surface area contributed by atoms with Crippen molar-refractivity contribution in [3.8, 4) is 5.75 Å². The Bertz CT molecular complexity index is 646. The summed E-state index contributed by atoms with van der Waals surface area (Å²) < 4.78 is 36.6. The molecule has 1 aromatic heterocycles. The minimum absolute atomic E-state index is 0.106. The summed E-state index contributed by atoms with van der Waals surface area (Å²) in [5, 5.41) is 0. The summed E-state index contributed by atoms with van der Waals surface area (Å²) in [7, 11) is 1.28. The second-order valence-corrected chi connectivity index (χ2v) is 4.81. The molecule has 0 aliphatic heterocycles. The Kier molecular flexibility index (Phi) is 4.89. The van der Waals surface area contributed by atoms with E-state index in [1.165, 1.54) is 31.6 Å². The molecule has 112 valence electrons. The van der Waals surface area contributed by atoms with Crippen LogP contribution in [0.25, 0.3) is 0 Å². The summed E-state index contributed by atoms with van der Waals surface area (Å²) in [6, 6.07) is 4.60. The Labute approximate surface area is 127 Å². The number of nitrogens with zero attached hydrogens (tertiary/aromatic N) is 2. The quantitative estimate of drug-likeness (QED) is 0.766. The van der Waals surface area contributed by atoms with Gasteiger partial charge < -0.3 is 9.47 Å². The van der Waals surface area contributed by atoms with E-state index in [4.69, 9.17) is 4.74 Å². The number of ether oxygens (including phenoxy) is 2. The monoisotopic (exact) mass is 360 g/mol. The van der Waals surface area contributed by atoms with E-state index in [0.717, 1.165) is 4.57 Å². The van der Waals surface area contributed by atoms with E-state index in [0.29, 0.717) is 15.8 Å². The summed E-state index contributed by atoms with van der Waals surface area (Å²) in [6.45, 7) is -2.79. The fraction of sp³-hybridized carbons (Fsp3) is 0.231. The lowest BCUT2D eigenvalue weighted by atomic mass is 10.2. The zero-order valence-electron chi connectivity index (χ0n) is 10.9. The minimum atomic E-state index is -2.67. The van der Waals surface area contributed by atoms with Gasteiger partial charge in [0.1, 0.15) is 12.4 Å². The third kappa shape index (κ3) is 3.57. The molecule has 2 aromatic rings. The third-order valence-corrected chi connectivity index (χ3v) is 3.29. The zero-order chi connectivity index (χ0) is 15.4. The molecule has 0 atom stereocenters. The summed E-state index contributed by atoms with van der Waals surface area (Å²) >= 11 is 3.25. The van der Waals surface area contributed by atoms with Crippen LogP contribution >= 0.6 is 15.9 Å². The van der Waals surface area contributed by atoms with Gasteiger partial charge in [-0.2, -0.15) is 8.78 Å². The fourth-order valence-electron chi connectivity index (χ4n) is 1.64. The number of methoxy groups -OCH3 is 1. The smallest absolute Gasteiger partial charge is 0.337 e. The maximum absolute atomic E-state index is 12.7. The Morgan fingerprint density at radius 3 is 2.86 bits per heavy atom. The second-order valence-electron chi connectivity index (χ2n) is 3.95. The van der Waals surface area contributed by atoms with E-state index in [1.807, 2.05) is 0 Å². The van der Waals surface area contributed by atoms with Gasteiger partial charge in [-0.1, -0.05) is 0 Å². The van der Waals surface area contributed by atoms with Crippen molar-refractivity contribution in [3.05, 3.63) is 46.5 Å². The molecule has 0 fully saturated rings. The molecule has 0 aliphatic rings. The Morgan fingerprint density at radius 1 is 1.48 bits per heavy atom. The average molecular weight is 361 g/mol. The van der Waals surface area contributed by atoms with Crippen molar-refractivity contribution >= 4 is 21.9 Å². The predicted molar refractivity (Wildman–Crippen MR) is 73.3 cm³/mol. The average Bonchev–Trinajstić information content (AvgIpc) is 2.93. The molecule has 0 saturated carbocycles. The highest BCUT2D eigenvalue weighted by Crippen LogP contribution is 2.27. The van der Waals surface area contributed by atoms with Gasteiger partial charge in [0, 0.05) is 12.4 Å². The van der Waals surface area contributed by atoms with Crippen LogP contribution in [-0.4, -0.2) is 22.6 Å². The fourth-order valence-corrected chi connectivity index (χ4v) is 2.13. The molecule has 0 aliphatic carbocycles. The number of esters is 1. The van der Waals surface area contributed by atoms with Gasteiger partial charge in [0.05, 0.1) is 17.1 Å². The Balaban J connectivity index is 2.10. The number of carbonyl (C=O) groups excluding carboxylic acids is 1. The van der Waals surface area contributed by atoms with Crippen LogP contribution in [0.2, 0.25) is 0 Å². The first-order chi connectivity index (χ1) is 10.0. The Morgan fingerprint density at radius 2 is 2.24 bits per heavy atom. The van der Waals surface area contributed by atoms with E-state index in [2.05, 4.69) is 25.7 Å². The van der Waals surface area contributed by atoms with Crippen molar-refractivity contribution in [2.24, 2.45) is 0 Å². The molecule has 0 N–H and O–H groups in total. The number of benzene rings is 1. The SMILES string of the molecule is COC(=O)c1ccc(OCc2nccn2C(F)F)c(Br)c1. The van der Waals surface area contributed by atoms with Crippen molar-refractivity contribution in [1.82, 2.24) is 9.55 Å². The number of hydrogen-bond donors (Lipinski definition) is 0. The highest BCUT2D eigenvalue weighted by molar-refractivity contribution is 9.10. The number of rotatable bonds is 5. The molecular formula is C13H11BrF2N2O3. The summed E-state index contributed by atoms with van der Waals surface area (Å²) in [4.78, 5) is 15.2. The standard InChI is InChI=1S/C13H11BrF2N2O3/c1-20-12(19)8-2-3-10(9(14)6-8)21-7-11-17-4-5-18(11)13(15)16/h2-6,13H,7H2,1H3. The first kappa shape index (κ1) is 15.4. The maximum Gasteiger partial charge on any atom is 0.337 e. The topological polar surface area (TPSA) is 53.4 Å². The van der Waals surface area contributed by atoms with Gasteiger partial charge in [0.25, 0.3) is 0 Å². The number of hydrogen-bond acceptors (Lipinski definition) is 4. The Hall–Kier alpha value is -1.96. The molecule has 0 amide bonds. The molecule has 5 nitrogen and oxygen atoms in total. The lowest BCUT2D eigenvalue weighted by Crippen LogP contribution is -2.08. The number of carbonyl (C=O) groups is 1. The van der Waals surface area contributed by atoms with Crippen molar-refractivity contribution < 1.29 is 23.0 Å². The van der Waals surface area contributed by atoms with Crippen LogP contribution in [0.4, 0.5) is 8.78 Å². The lowest BCUT2D eigenvalue weighted by Gasteiger charge is -2.10. The molecule has 0 spiro atoms. The van der Waals surface area contributed by atoms with Crippen LogP contribution in [0.5, 0.6) is 5.75 Å². The number of aromatic nitrogens is 2. The molecular weight excluding hydrogens is 350 g/mol. The van der Waals surface area contributed by atoms with Crippen LogP contribution in [0.1, 0.15) is 22.7 Å². The number of halogens is 3. The van der Waals surface area contributed by atoms with Gasteiger partial charge in [-0.25, -0.2) is 9.78 Å². The molecule has 0 unspecified atom stereocenters. The molecule has 21 heavy (non-hydrogen) atoms. The van der Waals surface area contributed by atoms with E-state index in [9.17, 15) is 13.6 Å².